The van der Waals surface area contributed by atoms with Crippen molar-refractivity contribution in [1.82, 2.24) is 4.90 Å². The maximum atomic E-state index is 13.7. The van der Waals surface area contributed by atoms with E-state index < -0.39 is 0 Å². The Morgan fingerprint density at radius 1 is 0.929 bits per heavy atom. The summed E-state index contributed by atoms with van der Waals surface area (Å²) in [4.78, 5) is 15.7. The molecule has 0 bridgehead atoms. The van der Waals surface area contributed by atoms with E-state index in [9.17, 15) is 4.79 Å². The summed E-state index contributed by atoms with van der Waals surface area (Å²) >= 11 is 19.1. The lowest BCUT2D eigenvalue weighted by Crippen LogP contribution is -2.41. The van der Waals surface area contributed by atoms with Crippen molar-refractivity contribution in [2.75, 3.05) is 33.5 Å². The lowest BCUT2D eigenvalue weighted by molar-refractivity contribution is -0.136. The second-order valence-electron chi connectivity index (χ2n) is 10.8. The van der Waals surface area contributed by atoms with Crippen LogP contribution >= 0.6 is 34.8 Å². The number of hydrogen-bond acceptors (Lipinski definition) is 5. The van der Waals surface area contributed by atoms with E-state index in [0.717, 1.165) is 42.4 Å². The van der Waals surface area contributed by atoms with Gasteiger partial charge in [-0.3, -0.25) is 4.79 Å². The van der Waals surface area contributed by atoms with Crippen LogP contribution in [0, 0.1) is 12.8 Å². The number of benzene rings is 3. The first-order valence-corrected chi connectivity index (χ1v) is 15.5. The quantitative estimate of drug-likeness (QED) is 0.168. The highest BCUT2D eigenvalue weighted by atomic mass is 35.5. The van der Waals surface area contributed by atoms with Gasteiger partial charge in [0.25, 0.3) is 0 Å². The third kappa shape index (κ3) is 9.26. The van der Waals surface area contributed by atoms with Crippen molar-refractivity contribution in [3.05, 3.63) is 91.9 Å². The third-order valence-electron chi connectivity index (χ3n) is 7.32. The second-order valence-corrected chi connectivity index (χ2v) is 12.0. The molecule has 226 valence electrons. The van der Waals surface area contributed by atoms with Crippen molar-refractivity contribution in [1.29, 1.82) is 0 Å². The smallest absolute Gasteiger partial charge is 0.227 e. The van der Waals surface area contributed by atoms with E-state index >= 15 is 0 Å². The number of aryl methyl sites for hydroxylation is 2. The Bertz CT molecular complexity index is 1310. The number of rotatable bonds is 16. The first kappa shape index (κ1) is 32.4. The van der Waals surface area contributed by atoms with Crippen LogP contribution in [0.15, 0.2) is 54.6 Å². The van der Waals surface area contributed by atoms with E-state index in [-0.39, 0.29) is 24.4 Å². The third-order valence-corrected chi connectivity index (χ3v) is 8.25. The molecule has 1 aliphatic rings. The number of nitrogens with two attached hydrogens (primary N) is 1. The number of hydrogen-bond donors (Lipinski definition) is 1. The van der Waals surface area contributed by atoms with Gasteiger partial charge in [-0.2, -0.15) is 0 Å². The minimum absolute atomic E-state index is 0.0757. The molecule has 4 rings (SSSR count). The monoisotopic (exact) mass is 632 g/mol. The Kier molecular flexibility index (Phi) is 12.2. The van der Waals surface area contributed by atoms with E-state index in [1.54, 1.807) is 7.11 Å². The Balaban J connectivity index is 1.32. The van der Waals surface area contributed by atoms with Crippen LogP contribution in [0.2, 0.25) is 15.1 Å². The molecule has 42 heavy (non-hydrogen) atoms. The van der Waals surface area contributed by atoms with Gasteiger partial charge in [0.2, 0.25) is 5.91 Å². The molecular weight excluding hydrogens is 595 g/mol. The number of carbonyl (C=O) groups excluding carboxylic acids is 1. The zero-order valence-corrected chi connectivity index (χ0v) is 26.5. The van der Waals surface area contributed by atoms with Crippen LogP contribution in [0.1, 0.15) is 41.5 Å². The molecular formula is C33H39Cl3N2O4. The number of ether oxygens (including phenoxy) is 3. The maximum absolute atomic E-state index is 13.7. The predicted molar refractivity (Wildman–Crippen MR) is 170 cm³/mol. The van der Waals surface area contributed by atoms with Crippen LogP contribution in [0.5, 0.6) is 11.5 Å². The van der Waals surface area contributed by atoms with Crippen LogP contribution in [-0.2, 0) is 28.9 Å². The van der Waals surface area contributed by atoms with E-state index in [2.05, 4.69) is 6.07 Å². The molecule has 0 saturated heterocycles. The first-order valence-electron chi connectivity index (χ1n) is 14.4. The summed E-state index contributed by atoms with van der Waals surface area (Å²) in [6.07, 6.45) is 4.41. The van der Waals surface area contributed by atoms with Crippen molar-refractivity contribution in [3.8, 4) is 11.5 Å². The van der Waals surface area contributed by atoms with Crippen molar-refractivity contribution >= 4 is 40.7 Å². The summed E-state index contributed by atoms with van der Waals surface area (Å²) in [7, 11) is 1.71. The summed E-state index contributed by atoms with van der Waals surface area (Å²) < 4.78 is 16.7. The molecule has 0 heterocycles. The Morgan fingerprint density at radius 3 is 2.24 bits per heavy atom. The van der Waals surface area contributed by atoms with E-state index in [4.69, 9.17) is 54.7 Å². The number of amides is 1. The molecule has 1 amide bonds. The molecule has 1 saturated carbocycles. The highest BCUT2D eigenvalue weighted by molar-refractivity contribution is 6.37. The molecule has 3 aromatic carbocycles. The molecule has 6 nitrogen and oxygen atoms in total. The van der Waals surface area contributed by atoms with Crippen LogP contribution in [-0.4, -0.2) is 50.3 Å². The summed E-state index contributed by atoms with van der Waals surface area (Å²) in [5.41, 5.74) is 10.3. The van der Waals surface area contributed by atoms with Crippen molar-refractivity contribution in [2.24, 2.45) is 11.7 Å². The molecule has 3 aromatic rings. The van der Waals surface area contributed by atoms with Crippen molar-refractivity contribution < 1.29 is 19.0 Å². The number of methoxy groups -OCH3 is 1. The first-order chi connectivity index (χ1) is 20.3. The van der Waals surface area contributed by atoms with Gasteiger partial charge in [0.15, 0.2) is 5.75 Å². The fourth-order valence-corrected chi connectivity index (χ4v) is 5.80. The molecule has 0 spiro atoms. The average Bonchev–Trinajstić information content (AvgIpc) is 3.81. The van der Waals surface area contributed by atoms with E-state index in [1.807, 2.05) is 60.4 Å². The Labute approximate surface area is 264 Å². The van der Waals surface area contributed by atoms with Gasteiger partial charge in [-0.15, -0.1) is 0 Å². The van der Waals surface area contributed by atoms with Gasteiger partial charge in [-0.25, -0.2) is 0 Å². The van der Waals surface area contributed by atoms with Crippen LogP contribution in [0.4, 0.5) is 0 Å². The summed E-state index contributed by atoms with van der Waals surface area (Å²) in [6, 6.07) is 17.7. The molecule has 0 radical (unpaired) electrons. The SMILES string of the molecule is COCCCc1ccc(Cl)c(CN(C(=O)C(CN)Cc2ccc(OCCOc3c(Cl)cc(C)cc3Cl)cc2)C2CC2)c1. The zero-order valence-electron chi connectivity index (χ0n) is 24.2. The van der Waals surface area contributed by atoms with Gasteiger partial charge in [-0.05, 0) is 91.6 Å². The fourth-order valence-electron chi connectivity index (χ4n) is 4.92. The van der Waals surface area contributed by atoms with E-state index in [1.165, 1.54) is 5.56 Å². The van der Waals surface area contributed by atoms with Gasteiger partial charge in [0.1, 0.15) is 19.0 Å². The topological polar surface area (TPSA) is 74.0 Å². The summed E-state index contributed by atoms with van der Waals surface area (Å²) in [6.45, 7) is 4.02. The van der Waals surface area contributed by atoms with Crippen LogP contribution < -0.4 is 15.2 Å². The van der Waals surface area contributed by atoms with Crippen molar-refractivity contribution in [3.63, 3.8) is 0 Å². The molecule has 1 aliphatic carbocycles. The molecule has 2 N–H and O–H groups in total. The number of carbonyl (C=O) groups is 1. The molecule has 1 fully saturated rings. The summed E-state index contributed by atoms with van der Waals surface area (Å²) in [5, 5.41) is 1.63. The highest BCUT2D eigenvalue weighted by Gasteiger charge is 2.35. The predicted octanol–water partition coefficient (Wildman–Crippen LogP) is 7.30. The standard InChI is InChI=1S/C33H39Cl3N2O4/c1-22-16-30(35)32(31(36)17-22)42-15-14-41-28-10-5-24(6-11-28)18-25(20-37)33(39)38(27-8-9-27)21-26-19-23(4-3-13-40-2)7-12-29(26)34/h5-7,10-12,16-17,19,25,27H,3-4,8-9,13-15,18,20-21,37H2,1-2H3. The van der Waals surface area contributed by atoms with Gasteiger partial charge in [-0.1, -0.05) is 59.1 Å². The van der Waals surface area contributed by atoms with Crippen LogP contribution in [0.25, 0.3) is 0 Å². The lowest BCUT2D eigenvalue weighted by Gasteiger charge is -2.28. The van der Waals surface area contributed by atoms with E-state index in [0.29, 0.717) is 59.4 Å². The van der Waals surface area contributed by atoms with Crippen LogP contribution in [0.3, 0.4) is 0 Å². The van der Waals surface area contributed by atoms with Crippen molar-refractivity contribution in [2.45, 2.75) is 51.6 Å². The minimum Gasteiger partial charge on any atom is -0.490 e. The zero-order chi connectivity index (χ0) is 30.1. The maximum Gasteiger partial charge on any atom is 0.227 e. The minimum atomic E-state index is -0.321. The molecule has 1 unspecified atom stereocenters. The van der Waals surface area contributed by atoms with Gasteiger partial charge >= 0.3 is 0 Å². The molecule has 0 aliphatic heterocycles. The normalized spacial score (nSPS) is 13.6. The Hall–Kier alpha value is -2.48. The summed E-state index contributed by atoms with van der Waals surface area (Å²) in [5.74, 6) is 0.918. The van der Waals surface area contributed by atoms with Gasteiger partial charge in [0.05, 0.1) is 16.0 Å². The lowest BCUT2D eigenvalue weighted by atomic mass is 9.97. The highest BCUT2D eigenvalue weighted by Crippen LogP contribution is 2.34. The second kappa shape index (κ2) is 15.8. The fraction of sp³-hybridized carbons (Fsp3) is 0.424. The molecule has 1 atom stereocenters. The van der Waals surface area contributed by atoms with Gasteiger partial charge < -0.3 is 24.8 Å². The number of halogens is 3. The Morgan fingerprint density at radius 2 is 1.60 bits per heavy atom. The molecule has 9 heteroatoms. The largest absolute Gasteiger partial charge is 0.490 e. The number of nitrogens with zero attached hydrogens (tertiary/aromatic N) is 1. The van der Waals surface area contributed by atoms with Gasteiger partial charge in [0, 0.05) is 37.9 Å². The average molecular weight is 634 g/mol. The molecule has 0 aromatic heterocycles.